The average Bonchev–Trinajstić information content (AvgIpc) is 3.07. The molecular weight excluding hydrogens is 423 g/mol. The van der Waals surface area contributed by atoms with Gasteiger partial charge in [0.25, 0.3) is 5.95 Å². The number of alkyl halides is 3. The fraction of sp³-hybridized carbons (Fsp3) is 0.529. The predicted octanol–water partition coefficient (Wildman–Crippen LogP) is 5.05. The van der Waals surface area contributed by atoms with Gasteiger partial charge in [0.1, 0.15) is 17.2 Å². The Morgan fingerprint density at radius 3 is 2.47 bits per heavy atom. The van der Waals surface area contributed by atoms with Crippen LogP contribution in [0.1, 0.15) is 26.6 Å². The Kier molecular flexibility index (Phi) is 8.29. The molecule has 0 aliphatic rings. The Morgan fingerprint density at radius 1 is 1.20 bits per heavy atom. The summed E-state index contributed by atoms with van der Waals surface area (Å²) in [6.07, 6.45) is 0. The number of aryl methyl sites for hydroxylation is 2. The van der Waals surface area contributed by atoms with Gasteiger partial charge in [-0.05, 0) is 45.9 Å². The maximum Gasteiger partial charge on any atom is 0.357 e. The van der Waals surface area contributed by atoms with Crippen LogP contribution >= 0.6 is 0 Å². The van der Waals surface area contributed by atoms with Gasteiger partial charge in [-0.3, -0.25) is 0 Å². The third kappa shape index (κ3) is 5.98. The molecule has 0 amide bonds. The van der Waals surface area contributed by atoms with E-state index in [0.29, 0.717) is 31.1 Å². The highest BCUT2D eigenvalue weighted by Gasteiger charge is 2.19. The van der Waals surface area contributed by atoms with Crippen molar-refractivity contribution in [3.05, 3.63) is 24.0 Å². The number of hydrogen-bond acceptors (Lipinski definition) is 8. The van der Waals surface area contributed by atoms with Crippen LogP contribution in [0.5, 0.6) is 0 Å². The highest BCUT2D eigenvalue weighted by atomic mass is 32.2. The van der Waals surface area contributed by atoms with Crippen LogP contribution in [0.2, 0.25) is 0 Å². The monoisotopic (exact) mass is 447 g/mol. The second-order valence-corrected chi connectivity index (χ2v) is 7.72. The molecule has 1 heterocycles. The minimum atomic E-state index is -4.29. The smallest absolute Gasteiger partial charge is 0.357 e. The van der Waals surface area contributed by atoms with Crippen molar-refractivity contribution in [3.8, 4) is 0 Å². The Morgan fingerprint density at radius 2 is 1.90 bits per heavy atom. The van der Waals surface area contributed by atoms with E-state index >= 15 is 0 Å². The summed E-state index contributed by atoms with van der Waals surface area (Å²) in [5, 5.41) is 12.2. The molecule has 0 radical (unpaired) electrons. The molecule has 9 nitrogen and oxygen atoms in total. The van der Waals surface area contributed by atoms with Crippen LogP contribution in [0, 0.1) is 6.92 Å². The summed E-state index contributed by atoms with van der Waals surface area (Å²) in [5.41, 5.74) is 0.668. The molecule has 30 heavy (non-hydrogen) atoms. The van der Waals surface area contributed by atoms with E-state index < -0.39 is 22.6 Å². The Labute approximate surface area is 173 Å². The first-order valence-electron chi connectivity index (χ1n) is 9.24. The molecule has 0 fully saturated rings. The van der Waals surface area contributed by atoms with Gasteiger partial charge in [0.15, 0.2) is 6.01 Å². The number of hydrogen-bond donors (Lipinski definition) is 0. The van der Waals surface area contributed by atoms with Crippen LogP contribution in [0.4, 0.5) is 36.2 Å². The van der Waals surface area contributed by atoms with Gasteiger partial charge in [0, 0.05) is 25.3 Å². The quantitative estimate of drug-likeness (QED) is 0.475. The van der Waals surface area contributed by atoms with E-state index in [-0.39, 0.29) is 17.3 Å². The third-order valence-corrected chi connectivity index (χ3v) is 5.19. The molecule has 166 valence electrons. The summed E-state index contributed by atoms with van der Waals surface area (Å²) < 4.78 is 59.9. The lowest BCUT2D eigenvalue weighted by atomic mass is 10.2. The van der Waals surface area contributed by atoms with Crippen LogP contribution in [-0.2, 0) is 20.7 Å². The van der Waals surface area contributed by atoms with Crippen molar-refractivity contribution in [3.63, 3.8) is 0 Å². The van der Waals surface area contributed by atoms with Crippen LogP contribution in [0.25, 0.3) is 0 Å². The van der Waals surface area contributed by atoms with Gasteiger partial charge in [-0.1, -0.05) is 0 Å². The maximum atomic E-state index is 13.2. The summed E-state index contributed by atoms with van der Waals surface area (Å²) >= 11 is 0. The Bertz CT molecular complexity index is 999. The normalized spacial score (nSPS) is 13.7. The summed E-state index contributed by atoms with van der Waals surface area (Å²) in [6, 6.07) is 3.02. The van der Waals surface area contributed by atoms with E-state index in [4.69, 9.17) is 0 Å². The zero-order valence-corrected chi connectivity index (χ0v) is 17.9. The van der Waals surface area contributed by atoms with E-state index in [1.807, 2.05) is 25.7 Å². The first kappa shape index (κ1) is 23.7. The Hall–Kier alpha value is -2.54. The Balaban J connectivity index is 2.58. The molecule has 1 atom stereocenters. The van der Waals surface area contributed by atoms with E-state index in [0.717, 1.165) is 0 Å². The first-order valence-corrected chi connectivity index (χ1v) is 10.9. The number of anilines is 1. The SMILES string of the molecule is CCN(CC)c1ccc(N=Nc2nc(C)nn2CC)c(N=S(=O)(CF)OC(F)F)c1. The molecule has 2 aromatic rings. The fourth-order valence-electron chi connectivity index (χ4n) is 2.62. The highest BCUT2D eigenvalue weighted by Crippen LogP contribution is 2.35. The van der Waals surface area contributed by atoms with Crippen molar-refractivity contribution in [2.75, 3.05) is 24.0 Å². The number of rotatable bonds is 10. The number of azo groups is 1. The van der Waals surface area contributed by atoms with Crippen molar-refractivity contribution in [2.45, 2.75) is 40.9 Å². The molecule has 1 aromatic carbocycles. The molecule has 0 saturated heterocycles. The number of aromatic nitrogens is 3. The minimum absolute atomic E-state index is 0.0910. The van der Waals surface area contributed by atoms with E-state index in [9.17, 15) is 17.4 Å². The molecule has 0 bridgehead atoms. The molecule has 1 unspecified atom stereocenters. The molecule has 13 heteroatoms. The van der Waals surface area contributed by atoms with Crippen molar-refractivity contribution < 1.29 is 21.6 Å². The van der Waals surface area contributed by atoms with Crippen LogP contribution < -0.4 is 4.90 Å². The topological polar surface area (TPSA) is 97.3 Å². The van der Waals surface area contributed by atoms with Gasteiger partial charge < -0.3 is 4.90 Å². The van der Waals surface area contributed by atoms with Crippen LogP contribution in [0.15, 0.2) is 32.8 Å². The highest BCUT2D eigenvalue weighted by molar-refractivity contribution is 7.89. The van der Waals surface area contributed by atoms with Crippen molar-refractivity contribution >= 4 is 33.0 Å². The molecule has 0 saturated carbocycles. The van der Waals surface area contributed by atoms with Gasteiger partial charge in [-0.2, -0.15) is 23.2 Å². The number of benzene rings is 1. The molecule has 0 spiro atoms. The lowest BCUT2D eigenvalue weighted by molar-refractivity contribution is -0.0421. The van der Waals surface area contributed by atoms with Gasteiger partial charge in [0.05, 0.1) is 0 Å². The maximum absolute atomic E-state index is 13.2. The molecule has 2 rings (SSSR count). The van der Waals surface area contributed by atoms with Gasteiger partial charge in [-0.15, -0.1) is 10.2 Å². The summed E-state index contributed by atoms with van der Waals surface area (Å²) in [4.78, 5) is 6.09. The van der Waals surface area contributed by atoms with Gasteiger partial charge in [-0.25, -0.2) is 17.5 Å². The zero-order chi connectivity index (χ0) is 22.3. The van der Waals surface area contributed by atoms with Gasteiger partial charge >= 0.3 is 6.61 Å². The molecule has 0 N–H and O–H groups in total. The predicted molar refractivity (Wildman–Crippen MR) is 108 cm³/mol. The summed E-state index contributed by atoms with van der Waals surface area (Å²) in [6.45, 7) is 5.78. The molecular formula is C17H24F3N7O2S. The summed E-state index contributed by atoms with van der Waals surface area (Å²) in [7, 11) is -4.29. The van der Waals surface area contributed by atoms with E-state index in [1.165, 1.54) is 16.8 Å². The summed E-state index contributed by atoms with van der Waals surface area (Å²) in [5.74, 6) is 0.724. The largest absolute Gasteiger partial charge is 0.372 e. The van der Waals surface area contributed by atoms with Crippen molar-refractivity contribution in [2.24, 2.45) is 14.6 Å². The number of halogens is 3. The van der Waals surface area contributed by atoms with E-state index in [1.54, 1.807) is 13.0 Å². The van der Waals surface area contributed by atoms with E-state index in [2.05, 4.69) is 28.9 Å². The lowest BCUT2D eigenvalue weighted by Gasteiger charge is -2.21. The third-order valence-electron chi connectivity index (χ3n) is 3.99. The standard InChI is InChI=1S/C17H24F3N7O2S/c1-5-26(6-2)13-8-9-14(22-23-17-21-12(4)24-27(17)7-3)15(10-13)25-30(28,11-18)29-16(19)20/h8-10,16H,5-7,11H2,1-4H3. The molecule has 0 aliphatic carbocycles. The minimum Gasteiger partial charge on any atom is -0.372 e. The lowest BCUT2D eigenvalue weighted by Crippen LogP contribution is -2.21. The van der Waals surface area contributed by atoms with Gasteiger partial charge in [0.2, 0.25) is 10.0 Å². The van der Waals surface area contributed by atoms with Crippen LogP contribution in [-0.4, -0.2) is 44.7 Å². The zero-order valence-electron chi connectivity index (χ0n) is 17.1. The number of nitrogens with zero attached hydrogens (tertiary/aromatic N) is 7. The fourth-order valence-corrected chi connectivity index (χ4v) is 3.44. The van der Waals surface area contributed by atoms with Crippen molar-refractivity contribution in [1.82, 2.24) is 14.8 Å². The first-order chi connectivity index (χ1) is 14.2. The second kappa shape index (κ2) is 10.5. The molecule has 0 aliphatic heterocycles. The van der Waals surface area contributed by atoms with Crippen LogP contribution in [0.3, 0.4) is 0 Å². The van der Waals surface area contributed by atoms with Crippen molar-refractivity contribution in [1.29, 1.82) is 0 Å². The molecule has 1 aromatic heterocycles. The second-order valence-electron chi connectivity index (χ2n) is 5.96. The average molecular weight is 447 g/mol.